The zero-order valence-electron chi connectivity index (χ0n) is 6.85. The summed E-state index contributed by atoms with van der Waals surface area (Å²) in [5.41, 5.74) is -0.780. The van der Waals surface area contributed by atoms with E-state index in [1.807, 2.05) is 0 Å². The molecule has 0 saturated heterocycles. The van der Waals surface area contributed by atoms with Crippen molar-refractivity contribution in [1.82, 2.24) is 0 Å². The Morgan fingerprint density at radius 1 is 1.08 bits per heavy atom. The van der Waals surface area contributed by atoms with Crippen LogP contribution in [0.4, 0.5) is 0 Å². The van der Waals surface area contributed by atoms with Gasteiger partial charge in [-0.1, -0.05) is 13.8 Å². The molecule has 12 heavy (non-hydrogen) atoms. The fourth-order valence-corrected chi connectivity index (χ4v) is 0.844. The number of hydrogen-bond acceptors (Lipinski definition) is 4. The van der Waals surface area contributed by atoms with Crippen molar-refractivity contribution in [2.45, 2.75) is 26.7 Å². The number of carboxylic acids is 2. The van der Waals surface area contributed by atoms with Gasteiger partial charge in [0, 0.05) is 34.3 Å². The van der Waals surface area contributed by atoms with Gasteiger partial charge in [-0.3, -0.25) is 0 Å². The van der Waals surface area contributed by atoms with Crippen molar-refractivity contribution in [1.29, 1.82) is 0 Å². The molecule has 0 N–H and O–H groups in total. The normalized spacial score (nSPS) is 10.2. The zero-order chi connectivity index (χ0) is 9.07. The number of carbonyl (C=O) groups excluding carboxylic acids is 2. The van der Waals surface area contributed by atoms with Crippen molar-refractivity contribution in [3.05, 3.63) is 0 Å². The summed E-state index contributed by atoms with van der Waals surface area (Å²) >= 11 is 0. The van der Waals surface area contributed by atoms with Crippen LogP contribution in [-0.2, 0) is 32.0 Å². The van der Waals surface area contributed by atoms with Gasteiger partial charge in [-0.05, 0) is 18.3 Å². The predicted octanol–water partition coefficient (Wildman–Crippen LogP) is -1.71. The molecule has 0 aromatic carbocycles. The van der Waals surface area contributed by atoms with Gasteiger partial charge in [0.2, 0.25) is 0 Å². The maximum absolute atomic E-state index is 10.1. The van der Waals surface area contributed by atoms with E-state index in [9.17, 15) is 19.8 Å². The predicted molar refractivity (Wildman–Crippen MR) is 33.0 cm³/mol. The molecule has 0 rings (SSSR count). The van der Waals surface area contributed by atoms with Gasteiger partial charge in [0.15, 0.2) is 0 Å². The first-order valence-corrected chi connectivity index (χ1v) is 3.23. The molecule has 0 fully saturated rings. The molecule has 0 saturated carbocycles. The third kappa shape index (κ3) is 7.78. The van der Waals surface area contributed by atoms with Crippen LogP contribution >= 0.6 is 0 Å². The number of rotatable bonds is 4. The van der Waals surface area contributed by atoms with Gasteiger partial charge in [-0.15, -0.1) is 0 Å². The standard InChI is InChI=1S/C7H12O4.Ag/c1-7(2,3-5(8)9)4-6(10)11;/h3-4H2,1-2H3,(H,8,9)(H,10,11);/p-2. The molecule has 1 radical (unpaired) electrons. The Morgan fingerprint density at radius 2 is 1.33 bits per heavy atom. The van der Waals surface area contributed by atoms with E-state index in [1.54, 1.807) is 13.8 Å². The van der Waals surface area contributed by atoms with Crippen molar-refractivity contribution in [3.8, 4) is 0 Å². The van der Waals surface area contributed by atoms with E-state index < -0.39 is 17.4 Å². The summed E-state index contributed by atoms with van der Waals surface area (Å²) in [5, 5.41) is 20.1. The Kier molecular flexibility index (Phi) is 6.34. The Balaban J connectivity index is 0. The second-order valence-corrected chi connectivity index (χ2v) is 3.26. The van der Waals surface area contributed by atoms with Crippen LogP contribution in [0.1, 0.15) is 26.7 Å². The molecule has 0 aromatic heterocycles. The second-order valence-electron chi connectivity index (χ2n) is 3.26. The van der Waals surface area contributed by atoms with Crippen LogP contribution in [0.2, 0.25) is 0 Å². The summed E-state index contributed by atoms with van der Waals surface area (Å²) in [6.45, 7) is 3.08. The summed E-state index contributed by atoms with van der Waals surface area (Å²) in [4.78, 5) is 20.1. The SMILES string of the molecule is CC(C)(CC(=O)[O-])CC(=O)[O-].[Ag]. The average Bonchev–Trinajstić information content (AvgIpc) is 1.53. The molecule has 0 aliphatic heterocycles. The molecular formula is C7H10AgO4-2. The number of carbonyl (C=O) groups is 2. The first-order valence-electron chi connectivity index (χ1n) is 3.23. The number of hydrogen-bond donors (Lipinski definition) is 0. The maximum atomic E-state index is 10.1. The summed E-state index contributed by atoms with van der Waals surface area (Å²) in [7, 11) is 0. The van der Waals surface area contributed by atoms with Crippen molar-refractivity contribution >= 4 is 11.9 Å². The molecule has 0 unspecified atom stereocenters. The fourth-order valence-electron chi connectivity index (χ4n) is 0.844. The van der Waals surface area contributed by atoms with Crippen LogP contribution in [0.25, 0.3) is 0 Å². The van der Waals surface area contributed by atoms with Crippen LogP contribution in [0.3, 0.4) is 0 Å². The fraction of sp³-hybridized carbons (Fsp3) is 0.714. The van der Waals surface area contributed by atoms with Gasteiger partial charge >= 0.3 is 0 Å². The van der Waals surface area contributed by atoms with Crippen molar-refractivity contribution in [3.63, 3.8) is 0 Å². The van der Waals surface area contributed by atoms with Gasteiger partial charge in [0.05, 0.1) is 0 Å². The summed E-state index contributed by atoms with van der Waals surface area (Å²) in [6.07, 6.45) is -0.526. The molecule has 0 aliphatic carbocycles. The largest absolute Gasteiger partial charge is 0.550 e. The monoisotopic (exact) mass is 265 g/mol. The van der Waals surface area contributed by atoms with Gasteiger partial charge in [-0.2, -0.15) is 0 Å². The van der Waals surface area contributed by atoms with Crippen molar-refractivity contribution < 1.29 is 42.2 Å². The Bertz CT molecular complexity index is 158. The third-order valence-corrected chi connectivity index (χ3v) is 1.25. The summed E-state index contributed by atoms with van der Waals surface area (Å²) in [6, 6.07) is 0. The summed E-state index contributed by atoms with van der Waals surface area (Å²) < 4.78 is 0. The quantitative estimate of drug-likeness (QED) is 0.567. The van der Waals surface area contributed by atoms with Crippen molar-refractivity contribution in [2.75, 3.05) is 0 Å². The molecule has 5 heteroatoms. The number of carboxylic acid groups (broad SMARTS) is 2. The third-order valence-electron chi connectivity index (χ3n) is 1.25. The van der Waals surface area contributed by atoms with Crippen molar-refractivity contribution in [2.24, 2.45) is 5.41 Å². The summed E-state index contributed by atoms with van der Waals surface area (Å²) in [5.74, 6) is -2.48. The minimum absolute atomic E-state index is 0. The first-order chi connectivity index (χ1) is 4.83. The van der Waals surface area contributed by atoms with E-state index >= 15 is 0 Å². The van der Waals surface area contributed by atoms with Gasteiger partial charge < -0.3 is 19.8 Å². The molecule has 0 amide bonds. The van der Waals surface area contributed by atoms with Gasteiger partial charge in [0.1, 0.15) is 0 Å². The molecule has 0 bridgehead atoms. The molecule has 4 nitrogen and oxygen atoms in total. The van der Waals surface area contributed by atoms with Gasteiger partial charge in [-0.25, -0.2) is 0 Å². The molecule has 75 valence electrons. The van der Waals surface area contributed by atoms with Crippen LogP contribution in [0, 0.1) is 5.41 Å². The molecular weight excluding hydrogens is 256 g/mol. The zero-order valence-corrected chi connectivity index (χ0v) is 8.33. The molecule has 0 spiro atoms. The minimum atomic E-state index is -1.24. The van der Waals surface area contributed by atoms with Crippen LogP contribution in [0.5, 0.6) is 0 Å². The number of aliphatic carboxylic acids is 2. The van der Waals surface area contributed by atoms with E-state index in [2.05, 4.69) is 0 Å². The Hall–Kier alpha value is -0.320. The minimum Gasteiger partial charge on any atom is -0.550 e. The Morgan fingerprint density at radius 3 is 1.50 bits per heavy atom. The van der Waals surface area contributed by atoms with Crippen LogP contribution in [0.15, 0.2) is 0 Å². The van der Waals surface area contributed by atoms with E-state index in [4.69, 9.17) is 0 Å². The van der Waals surface area contributed by atoms with E-state index in [0.29, 0.717) is 0 Å². The maximum Gasteiger partial charge on any atom is 0.0419 e. The van der Waals surface area contributed by atoms with E-state index in [-0.39, 0.29) is 35.2 Å². The van der Waals surface area contributed by atoms with E-state index in [0.717, 1.165) is 0 Å². The smallest absolute Gasteiger partial charge is 0.0419 e. The van der Waals surface area contributed by atoms with Gasteiger partial charge in [0.25, 0.3) is 0 Å². The topological polar surface area (TPSA) is 80.3 Å². The van der Waals surface area contributed by atoms with E-state index in [1.165, 1.54) is 0 Å². The molecule has 0 atom stereocenters. The average molecular weight is 266 g/mol. The van der Waals surface area contributed by atoms with Crippen LogP contribution in [-0.4, -0.2) is 11.9 Å². The molecule has 0 heterocycles. The Labute approximate surface area is 86.5 Å². The first kappa shape index (κ1) is 14.2. The second kappa shape index (κ2) is 5.35. The van der Waals surface area contributed by atoms with Crippen LogP contribution < -0.4 is 10.2 Å². The molecule has 0 aliphatic rings. The molecule has 0 aromatic rings.